The fourth-order valence-electron chi connectivity index (χ4n) is 2.75. The third-order valence-electron chi connectivity index (χ3n) is 4.25. The molecule has 0 radical (unpaired) electrons. The van der Waals surface area contributed by atoms with Crippen LogP contribution in [-0.2, 0) is 9.53 Å². The van der Waals surface area contributed by atoms with Crippen molar-refractivity contribution in [3.05, 3.63) is 70.3 Å². The molecule has 128 valence electrons. The molecule has 0 saturated carbocycles. The van der Waals surface area contributed by atoms with E-state index in [0.717, 1.165) is 36.8 Å². The van der Waals surface area contributed by atoms with E-state index in [1.807, 2.05) is 30.3 Å². The van der Waals surface area contributed by atoms with E-state index in [2.05, 4.69) is 39.8 Å². The quantitative estimate of drug-likeness (QED) is 0.454. The summed E-state index contributed by atoms with van der Waals surface area (Å²) in [6.07, 6.45) is 10.1. The highest BCUT2D eigenvalue weighted by molar-refractivity contribution is 5.91. The molecular formula is C22H28O2. The summed E-state index contributed by atoms with van der Waals surface area (Å²) in [5.74, 6) is -0.170. The third kappa shape index (κ3) is 5.52. The summed E-state index contributed by atoms with van der Waals surface area (Å²) in [5.41, 5.74) is 5.80. The normalized spacial score (nSPS) is 17.5. The lowest BCUT2D eigenvalue weighted by atomic mass is 10.0. The number of rotatable bonds is 7. The van der Waals surface area contributed by atoms with Gasteiger partial charge in [-0.1, -0.05) is 53.1 Å². The van der Waals surface area contributed by atoms with Crippen LogP contribution in [0.25, 0.3) is 0 Å². The summed E-state index contributed by atoms with van der Waals surface area (Å²) in [6.45, 7) is 8.47. The first kappa shape index (κ1) is 18.3. The van der Waals surface area contributed by atoms with E-state index in [1.165, 1.54) is 16.7 Å². The van der Waals surface area contributed by atoms with Gasteiger partial charge in [0.05, 0.1) is 0 Å². The number of carbonyl (C=O) groups excluding carboxylic acids is 1. The number of aryl methyl sites for hydroxylation is 1. The van der Waals surface area contributed by atoms with Gasteiger partial charge < -0.3 is 4.74 Å². The zero-order chi connectivity index (χ0) is 17.5. The molecule has 24 heavy (non-hydrogen) atoms. The zero-order valence-corrected chi connectivity index (χ0v) is 15.3. The van der Waals surface area contributed by atoms with Gasteiger partial charge >= 0.3 is 5.97 Å². The Balaban J connectivity index is 1.87. The lowest BCUT2D eigenvalue weighted by Gasteiger charge is -2.08. The zero-order valence-electron chi connectivity index (χ0n) is 15.3. The largest absolute Gasteiger partial charge is 0.450 e. The van der Waals surface area contributed by atoms with Crippen molar-refractivity contribution < 1.29 is 9.53 Å². The van der Waals surface area contributed by atoms with E-state index in [0.29, 0.717) is 0 Å². The smallest absolute Gasteiger partial charge is 0.334 e. The first-order chi connectivity index (χ1) is 11.5. The molecule has 0 aliphatic carbocycles. The minimum atomic E-state index is -0.226. The molecule has 2 rings (SSSR count). The Morgan fingerprint density at radius 1 is 1.08 bits per heavy atom. The number of hydrogen-bond acceptors (Lipinski definition) is 2. The number of benzene rings is 1. The average molecular weight is 324 g/mol. The molecule has 0 amide bonds. The summed E-state index contributed by atoms with van der Waals surface area (Å²) < 4.78 is 5.49. The fraction of sp³-hybridized carbons (Fsp3) is 0.409. The van der Waals surface area contributed by atoms with Gasteiger partial charge in [0.25, 0.3) is 0 Å². The Morgan fingerprint density at radius 3 is 2.46 bits per heavy atom. The molecule has 2 nitrogen and oxygen atoms in total. The Bertz CT molecular complexity index is 656. The van der Waals surface area contributed by atoms with Crippen molar-refractivity contribution in [2.24, 2.45) is 0 Å². The van der Waals surface area contributed by atoms with Crippen LogP contribution in [0, 0.1) is 6.92 Å². The van der Waals surface area contributed by atoms with Gasteiger partial charge in [-0.15, -0.1) is 0 Å². The molecule has 1 atom stereocenters. The van der Waals surface area contributed by atoms with Crippen LogP contribution in [0.4, 0.5) is 0 Å². The van der Waals surface area contributed by atoms with Crippen LogP contribution in [0.3, 0.4) is 0 Å². The van der Waals surface area contributed by atoms with Gasteiger partial charge in [-0.25, -0.2) is 4.79 Å². The molecule has 1 heterocycles. The first-order valence-electron chi connectivity index (χ1n) is 8.73. The molecule has 1 aromatic carbocycles. The van der Waals surface area contributed by atoms with Crippen molar-refractivity contribution in [2.45, 2.75) is 59.5 Å². The summed E-state index contributed by atoms with van der Waals surface area (Å²) in [6, 6.07) is 8.15. The van der Waals surface area contributed by atoms with E-state index < -0.39 is 0 Å². The topological polar surface area (TPSA) is 26.3 Å². The Hall–Kier alpha value is -2.09. The fourth-order valence-corrected chi connectivity index (χ4v) is 2.75. The SMILES string of the molecule is CC(C)=CCC/C(C)=C/CCC1=C[C@H](c2ccc(C)cc2)OC1=O. The van der Waals surface area contributed by atoms with Gasteiger partial charge in [-0.2, -0.15) is 0 Å². The van der Waals surface area contributed by atoms with Crippen LogP contribution in [0.1, 0.15) is 63.7 Å². The molecule has 1 aliphatic rings. The molecule has 0 spiro atoms. The molecule has 0 bridgehead atoms. The lowest BCUT2D eigenvalue weighted by Crippen LogP contribution is -2.02. The molecule has 0 aromatic heterocycles. The van der Waals surface area contributed by atoms with Gasteiger partial charge in [-0.3, -0.25) is 0 Å². The molecule has 0 fully saturated rings. The molecule has 0 saturated heterocycles. The molecule has 1 aromatic rings. The predicted molar refractivity (Wildman–Crippen MR) is 99.8 cm³/mol. The van der Waals surface area contributed by atoms with Crippen molar-refractivity contribution in [1.82, 2.24) is 0 Å². The summed E-state index contributed by atoms with van der Waals surface area (Å²) >= 11 is 0. The van der Waals surface area contributed by atoms with Gasteiger partial charge in [0.2, 0.25) is 0 Å². The highest BCUT2D eigenvalue weighted by Crippen LogP contribution is 2.30. The molecule has 1 aliphatic heterocycles. The standard InChI is InChI=1S/C22H28O2/c1-16(2)7-5-8-17(3)9-6-10-20-15-21(24-22(20)23)19-13-11-18(4)12-14-19/h7,9,11-15,21H,5-6,8,10H2,1-4H3/b17-9+/t21-/m1/s1. The van der Waals surface area contributed by atoms with E-state index in [9.17, 15) is 4.79 Å². The van der Waals surface area contributed by atoms with Crippen molar-refractivity contribution >= 4 is 5.97 Å². The first-order valence-corrected chi connectivity index (χ1v) is 8.73. The summed E-state index contributed by atoms with van der Waals surface area (Å²) in [5, 5.41) is 0. The van der Waals surface area contributed by atoms with Gasteiger partial charge in [0.15, 0.2) is 0 Å². The van der Waals surface area contributed by atoms with Crippen LogP contribution in [-0.4, -0.2) is 5.97 Å². The average Bonchev–Trinajstić information content (AvgIpc) is 2.89. The minimum absolute atomic E-state index is 0.170. The number of carbonyl (C=O) groups is 1. The highest BCUT2D eigenvalue weighted by Gasteiger charge is 2.25. The summed E-state index contributed by atoms with van der Waals surface area (Å²) in [7, 11) is 0. The van der Waals surface area contributed by atoms with Crippen molar-refractivity contribution in [3.63, 3.8) is 0 Å². The summed E-state index contributed by atoms with van der Waals surface area (Å²) in [4.78, 5) is 12.0. The van der Waals surface area contributed by atoms with Crippen molar-refractivity contribution in [3.8, 4) is 0 Å². The van der Waals surface area contributed by atoms with E-state index in [1.54, 1.807) is 0 Å². The minimum Gasteiger partial charge on any atom is -0.450 e. The second-order valence-electron chi connectivity index (χ2n) is 6.84. The maximum atomic E-state index is 12.0. The number of allylic oxidation sites excluding steroid dienone is 4. The van der Waals surface area contributed by atoms with E-state index in [-0.39, 0.29) is 12.1 Å². The van der Waals surface area contributed by atoms with Crippen molar-refractivity contribution in [1.29, 1.82) is 0 Å². The number of hydrogen-bond donors (Lipinski definition) is 0. The van der Waals surface area contributed by atoms with Crippen LogP contribution in [0.15, 0.2) is 59.2 Å². The monoisotopic (exact) mass is 324 g/mol. The van der Waals surface area contributed by atoms with E-state index >= 15 is 0 Å². The van der Waals surface area contributed by atoms with Gasteiger partial charge in [0, 0.05) is 5.57 Å². The maximum Gasteiger partial charge on any atom is 0.334 e. The number of esters is 1. The Morgan fingerprint density at radius 2 is 1.79 bits per heavy atom. The van der Waals surface area contributed by atoms with E-state index in [4.69, 9.17) is 4.74 Å². The number of ether oxygens (including phenoxy) is 1. The van der Waals surface area contributed by atoms with Crippen LogP contribution >= 0.6 is 0 Å². The molecule has 0 N–H and O–H groups in total. The second-order valence-corrected chi connectivity index (χ2v) is 6.84. The van der Waals surface area contributed by atoms with Crippen molar-refractivity contribution in [2.75, 3.05) is 0 Å². The molecule has 0 unspecified atom stereocenters. The Labute approximate surface area is 145 Å². The van der Waals surface area contributed by atoms with Crippen LogP contribution in [0.5, 0.6) is 0 Å². The van der Waals surface area contributed by atoms with Gasteiger partial charge in [0.1, 0.15) is 6.10 Å². The predicted octanol–water partition coefficient (Wildman–Crippen LogP) is 5.99. The highest BCUT2D eigenvalue weighted by atomic mass is 16.5. The van der Waals surface area contributed by atoms with Crippen LogP contribution < -0.4 is 0 Å². The lowest BCUT2D eigenvalue weighted by molar-refractivity contribution is -0.140. The van der Waals surface area contributed by atoms with Crippen LogP contribution in [0.2, 0.25) is 0 Å². The number of cyclic esters (lactones) is 1. The Kier molecular flexibility index (Phi) is 6.60. The maximum absolute atomic E-state index is 12.0. The molecular weight excluding hydrogens is 296 g/mol. The third-order valence-corrected chi connectivity index (χ3v) is 4.25. The second kappa shape index (κ2) is 8.68. The van der Waals surface area contributed by atoms with Gasteiger partial charge in [-0.05, 0) is 65.0 Å². The molecule has 2 heteroatoms.